The van der Waals surface area contributed by atoms with E-state index in [1.54, 1.807) is 19.1 Å². The number of benzene rings is 2. The van der Waals surface area contributed by atoms with Crippen LogP contribution < -0.4 is 5.32 Å². The first kappa shape index (κ1) is 21.5. The van der Waals surface area contributed by atoms with Gasteiger partial charge in [0.15, 0.2) is 0 Å². The Balaban J connectivity index is 1.91. The largest absolute Gasteiger partial charge is 0.379 e. The molecule has 0 spiro atoms. The van der Waals surface area contributed by atoms with Gasteiger partial charge in [-0.1, -0.05) is 45.0 Å². The lowest BCUT2D eigenvalue weighted by Crippen LogP contribution is -2.40. The molecule has 0 aromatic heterocycles. The average molecular weight is 417 g/mol. The minimum atomic E-state index is -3.68. The van der Waals surface area contributed by atoms with Gasteiger partial charge in [-0.3, -0.25) is 4.79 Å². The van der Waals surface area contributed by atoms with Crippen molar-refractivity contribution in [1.82, 2.24) is 4.31 Å². The first-order chi connectivity index (χ1) is 13.6. The van der Waals surface area contributed by atoms with Gasteiger partial charge < -0.3 is 10.1 Å². The normalized spacial score (nSPS) is 15.9. The third-order valence-electron chi connectivity index (χ3n) is 5.02. The third-order valence-corrected chi connectivity index (χ3v) is 7.06. The van der Waals surface area contributed by atoms with Crippen molar-refractivity contribution in [2.45, 2.75) is 38.0 Å². The molecule has 0 saturated carbocycles. The highest BCUT2D eigenvalue weighted by Crippen LogP contribution is 2.30. The van der Waals surface area contributed by atoms with E-state index < -0.39 is 10.0 Å². The number of hydrogen-bond donors (Lipinski definition) is 1. The number of nitrogens with one attached hydrogen (secondary N) is 1. The van der Waals surface area contributed by atoms with Crippen LogP contribution in [0.1, 0.15) is 42.3 Å². The van der Waals surface area contributed by atoms with E-state index in [0.717, 1.165) is 11.3 Å². The number of rotatable bonds is 4. The molecule has 0 aliphatic carbocycles. The van der Waals surface area contributed by atoms with Gasteiger partial charge in [0, 0.05) is 24.3 Å². The minimum absolute atomic E-state index is 0.137. The molecule has 6 nitrogen and oxygen atoms in total. The molecule has 0 radical (unpaired) electrons. The van der Waals surface area contributed by atoms with Crippen LogP contribution in [-0.4, -0.2) is 44.9 Å². The maximum Gasteiger partial charge on any atom is 0.255 e. The van der Waals surface area contributed by atoms with Crippen molar-refractivity contribution < 1.29 is 17.9 Å². The molecule has 7 heteroatoms. The molecule has 2 aromatic rings. The molecule has 156 valence electrons. The quantitative estimate of drug-likeness (QED) is 0.827. The Bertz CT molecular complexity index is 1000. The summed E-state index contributed by atoms with van der Waals surface area (Å²) in [5, 5.41) is 2.94. The second-order valence-electron chi connectivity index (χ2n) is 8.25. The van der Waals surface area contributed by atoms with Gasteiger partial charge in [0.25, 0.3) is 5.91 Å². The first-order valence-corrected chi connectivity index (χ1v) is 11.1. The maximum atomic E-state index is 13.1. The molecule has 1 saturated heterocycles. The second-order valence-corrected chi connectivity index (χ2v) is 10.2. The van der Waals surface area contributed by atoms with Gasteiger partial charge in [0.2, 0.25) is 10.0 Å². The summed E-state index contributed by atoms with van der Waals surface area (Å²) in [5.41, 5.74) is 2.53. The molecule has 1 N–H and O–H groups in total. The average Bonchev–Trinajstić information content (AvgIpc) is 2.68. The van der Waals surface area contributed by atoms with Crippen molar-refractivity contribution in [2.75, 3.05) is 31.6 Å². The smallest absolute Gasteiger partial charge is 0.255 e. The lowest BCUT2D eigenvalue weighted by atomic mass is 9.86. The summed E-state index contributed by atoms with van der Waals surface area (Å²) in [6, 6.07) is 12.5. The lowest BCUT2D eigenvalue weighted by molar-refractivity contribution is 0.0730. The SMILES string of the molecule is Cc1ccc(C(=O)Nc2ccccc2C(C)(C)C)cc1S(=O)(=O)N1CCOCC1. The van der Waals surface area contributed by atoms with E-state index in [2.05, 4.69) is 26.1 Å². The molecule has 0 bridgehead atoms. The van der Waals surface area contributed by atoms with Crippen LogP contribution >= 0.6 is 0 Å². The van der Waals surface area contributed by atoms with E-state index in [1.807, 2.05) is 24.3 Å². The number of anilines is 1. The number of hydrogen-bond acceptors (Lipinski definition) is 4. The zero-order valence-electron chi connectivity index (χ0n) is 17.4. The van der Waals surface area contributed by atoms with Crippen LogP contribution in [-0.2, 0) is 20.2 Å². The molecular formula is C22H28N2O4S. The van der Waals surface area contributed by atoms with Gasteiger partial charge in [-0.25, -0.2) is 8.42 Å². The van der Waals surface area contributed by atoms with Gasteiger partial charge in [0.1, 0.15) is 0 Å². The highest BCUT2D eigenvalue weighted by atomic mass is 32.2. The van der Waals surface area contributed by atoms with Gasteiger partial charge >= 0.3 is 0 Å². The van der Waals surface area contributed by atoms with Crippen LogP contribution in [0.5, 0.6) is 0 Å². The van der Waals surface area contributed by atoms with Crippen LogP contribution in [0.15, 0.2) is 47.4 Å². The van der Waals surface area contributed by atoms with Crippen molar-refractivity contribution in [2.24, 2.45) is 0 Å². The Morgan fingerprint density at radius 2 is 1.72 bits per heavy atom. The number of sulfonamides is 1. The van der Waals surface area contributed by atoms with Gasteiger partial charge in [0.05, 0.1) is 18.1 Å². The van der Waals surface area contributed by atoms with Gasteiger partial charge in [-0.05, 0) is 41.7 Å². The van der Waals surface area contributed by atoms with E-state index in [0.29, 0.717) is 37.4 Å². The number of aryl methyl sites for hydroxylation is 1. The number of carbonyl (C=O) groups is 1. The zero-order chi connectivity index (χ0) is 21.2. The summed E-state index contributed by atoms with van der Waals surface area (Å²) in [7, 11) is -3.68. The standard InChI is InChI=1S/C22H28N2O4S/c1-16-9-10-17(15-20(16)29(26,27)24-11-13-28-14-12-24)21(25)23-19-8-6-5-7-18(19)22(2,3)4/h5-10,15H,11-14H2,1-4H3,(H,23,25). The van der Waals surface area contributed by atoms with Crippen molar-refractivity contribution in [3.63, 3.8) is 0 Å². The lowest BCUT2D eigenvalue weighted by Gasteiger charge is -2.27. The summed E-state index contributed by atoms with van der Waals surface area (Å²) >= 11 is 0. The zero-order valence-corrected chi connectivity index (χ0v) is 18.2. The van der Waals surface area contributed by atoms with Crippen molar-refractivity contribution in [3.8, 4) is 0 Å². The Morgan fingerprint density at radius 1 is 1.07 bits per heavy atom. The molecular weight excluding hydrogens is 388 g/mol. The molecule has 1 aliphatic heterocycles. The van der Waals surface area contributed by atoms with E-state index in [1.165, 1.54) is 10.4 Å². The maximum absolute atomic E-state index is 13.1. The fourth-order valence-corrected chi connectivity index (χ4v) is 5.04. The summed E-state index contributed by atoms with van der Waals surface area (Å²) < 4.78 is 32.8. The molecule has 3 rings (SSSR count). The second kappa shape index (κ2) is 8.26. The predicted molar refractivity (Wildman–Crippen MR) is 114 cm³/mol. The summed E-state index contributed by atoms with van der Waals surface area (Å²) in [6.45, 7) is 9.37. The molecule has 2 aromatic carbocycles. The summed E-state index contributed by atoms with van der Waals surface area (Å²) in [5.74, 6) is -0.333. The van der Waals surface area contributed by atoms with E-state index in [-0.39, 0.29) is 16.2 Å². The Kier molecular flexibility index (Phi) is 6.12. The number of carbonyl (C=O) groups excluding carboxylic acids is 1. The molecule has 1 fully saturated rings. The summed E-state index contributed by atoms with van der Waals surface area (Å²) in [6.07, 6.45) is 0. The summed E-state index contributed by atoms with van der Waals surface area (Å²) in [4.78, 5) is 13.1. The molecule has 29 heavy (non-hydrogen) atoms. The molecule has 1 heterocycles. The van der Waals surface area contributed by atoms with Crippen LogP contribution in [0.4, 0.5) is 5.69 Å². The first-order valence-electron chi connectivity index (χ1n) is 9.70. The third kappa shape index (κ3) is 4.69. The fraction of sp³-hybridized carbons (Fsp3) is 0.409. The number of nitrogens with zero attached hydrogens (tertiary/aromatic N) is 1. The number of para-hydroxylation sites is 1. The van der Waals surface area contributed by atoms with Crippen LogP contribution in [0.25, 0.3) is 0 Å². The van der Waals surface area contributed by atoms with Gasteiger partial charge in [-0.15, -0.1) is 0 Å². The minimum Gasteiger partial charge on any atom is -0.379 e. The van der Waals surface area contributed by atoms with Crippen molar-refractivity contribution >= 4 is 21.6 Å². The number of morpholine rings is 1. The van der Waals surface area contributed by atoms with Crippen LogP contribution in [0, 0.1) is 6.92 Å². The molecule has 0 unspecified atom stereocenters. The van der Waals surface area contributed by atoms with Crippen molar-refractivity contribution in [3.05, 3.63) is 59.2 Å². The molecule has 1 amide bonds. The van der Waals surface area contributed by atoms with Crippen LogP contribution in [0.3, 0.4) is 0 Å². The monoisotopic (exact) mass is 416 g/mol. The molecule has 0 atom stereocenters. The predicted octanol–water partition coefficient (Wildman–Crippen LogP) is 3.57. The topological polar surface area (TPSA) is 75.7 Å². The van der Waals surface area contributed by atoms with Gasteiger partial charge in [-0.2, -0.15) is 4.31 Å². The fourth-order valence-electron chi connectivity index (χ4n) is 3.39. The van der Waals surface area contributed by atoms with E-state index in [9.17, 15) is 13.2 Å². The van der Waals surface area contributed by atoms with E-state index >= 15 is 0 Å². The molecule has 1 aliphatic rings. The highest BCUT2D eigenvalue weighted by Gasteiger charge is 2.28. The number of ether oxygens (including phenoxy) is 1. The van der Waals surface area contributed by atoms with Crippen molar-refractivity contribution in [1.29, 1.82) is 0 Å². The van der Waals surface area contributed by atoms with Crippen LogP contribution in [0.2, 0.25) is 0 Å². The Labute approximate surface area is 172 Å². The Morgan fingerprint density at radius 3 is 2.38 bits per heavy atom. The van der Waals surface area contributed by atoms with E-state index in [4.69, 9.17) is 4.74 Å². The highest BCUT2D eigenvalue weighted by molar-refractivity contribution is 7.89. The Hall–Kier alpha value is -2.22. The number of amides is 1.